The topological polar surface area (TPSA) is 69.9 Å². The van der Waals surface area contributed by atoms with E-state index in [1.54, 1.807) is 0 Å². The number of aliphatic hydroxyl groups excluding tert-OH is 2. The van der Waals surface area contributed by atoms with Gasteiger partial charge in [0.25, 0.3) is 0 Å². The second-order valence-electron chi connectivity index (χ2n) is 4.06. The summed E-state index contributed by atoms with van der Waals surface area (Å²) in [6.07, 6.45) is 2.27. The third kappa shape index (κ3) is 2.67. The maximum Gasteiger partial charge on any atom is 0.183 e. The molecule has 0 amide bonds. The molecule has 14 heavy (non-hydrogen) atoms. The summed E-state index contributed by atoms with van der Waals surface area (Å²) >= 11 is 0. The van der Waals surface area contributed by atoms with E-state index in [9.17, 15) is 10.2 Å². The SMILES string of the molecule is CCCCCC[C@]1(O)COC(O)[C@H]1O. The fraction of sp³-hybridized carbons (Fsp3) is 1.00. The quantitative estimate of drug-likeness (QED) is 0.567. The summed E-state index contributed by atoms with van der Waals surface area (Å²) in [4.78, 5) is 0. The van der Waals surface area contributed by atoms with Crippen molar-refractivity contribution in [1.29, 1.82) is 0 Å². The predicted octanol–water partition coefficient (Wildman–Crippen LogP) is 0.397. The largest absolute Gasteiger partial charge is 0.385 e. The minimum Gasteiger partial charge on any atom is -0.385 e. The van der Waals surface area contributed by atoms with Crippen molar-refractivity contribution in [3.8, 4) is 0 Å². The highest BCUT2D eigenvalue weighted by Crippen LogP contribution is 2.28. The Morgan fingerprint density at radius 2 is 2.00 bits per heavy atom. The molecule has 1 aliphatic heterocycles. The third-order valence-corrected chi connectivity index (χ3v) is 2.79. The van der Waals surface area contributed by atoms with Crippen molar-refractivity contribution >= 4 is 0 Å². The van der Waals surface area contributed by atoms with Crippen molar-refractivity contribution in [2.24, 2.45) is 0 Å². The molecule has 0 saturated carbocycles. The second-order valence-corrected chi connectivity index (χ2v) is 4.06. The number of unbranched alkanes of at least 4 members (excludes halogenated alkanes) is 3. The summed E-state index contributed by atoms with van der Waals surface area (Å²) in [7, 11) is 0. The van der Waals surface area contributed by atoms with Crippen molar-refractivity contribution in [2.75, 3.05) is 6.61 Å². The lowest BCUT2D eigenvalue weighted by molar-refractivity contribution is -0.122. The Labute approximate surface area is 84.5 Å². The van der Waals surface area contributed by atoms with Crippen LogP contribution in [0.1, 0.15) is 39.0 Å². The first-order chi connectivity index (χ1) is 6.60. The van der Waals surface area contributed by atoms with Gasteiger partial charge < -0.3 is 20.1 Å². The molecule has 0 spiro atoms. The van der Waals surface area contributed by atoms with Gasteiger partial charge in [-0.05, 0) is 6.42 Å². The molecule has 1 heterocycles. The summed E-state index contributed by atoms with van der Waals surface area (Å²) in [5.41, 5.74) is -1.24. The monoisotopic (exact) mass is 204 g/mol. The van der Waals surface area contributed by atoms with Crippen LogP contribution >= 0.6 is 0 Å². The Balaban J connectivity index is 2.28. The van der Waals surface area contributed by atoms with Gasteiger partial charge in [0.2, 0.25) is 0 Å². The molecular formula is C10H20O4. The van der Waals surface area contributed by atoms with E-state index in [1.165, 1.54) is 0 Å². The van der Waals surface area contributed by atoms with Crippen molar-refractivity contribution in [3.63, 3.8) is 0 Å². The van der Waals surface area contributed by atoms with Gasteiger partial charge in [0.1, 0.15) is 11.7 Å². The van der Waals surface area contributed by atoms with Gasteiger partial charge >= 0.3 is 0 Å². The third-order valence-electron chi connectivity index (χ3n) is 2.79. The van der Waals surface area contributed by atoms with Crippen LogP contribution in [0.3, 0.4) is 0 Å². The van der Waals surface area contributed by atoms with Gasteiger partial charge in [-0.3, -0.25) is 0 Å². The molecule has 1 fully saturated rings. The molecule has 0 aliphatic carbocycles. The first kappa shape index (κ1) is 11.9. The fourth-order valence-electron chi connectivity index (χ4n) is 1.75. The van der Waals surface area contributed by atoms with Crippen LogP contribution in [-0.4, -0.2) is 39.9 Å². The minimum absolute atomic E-state index is 0.0292. The van der Waals surface area contributed by atoms with E-state index in [2.05, 4.69) is 6.92 Å². The van der Waals surface area contributed by atoms with Crippen LogP contribution in [0.5, 0.6) is 0 Å². The second kappa shape index (κ2) is 5.07. The smallest absolute Gasteiger partial charge is 0.183 e. The maximum absolute atomic E-state index is 9.89. The summed E-state index contributed by atoms with van der Waals surface area (Å²) < 4.78 is 4.79. The molecule has 0 bridgehead atoms. The molecule has 0 aromatic heterocycles. The normalized spacial score (nSPS) is 37.7. The van der Waals surface area contributed by atoms with E-state index < -0.39 is 18.0 Å². The van der Waals surface area contributed by atoms with Gasteiger partial charge in [0.05, 0.1) is 6.61 Å². The molecule has 0 radical (unpaired) electrons. The van der Waals surface area contributed by atoms with Crippen LogP contribution in [0, 0.1) is 0 Å². The molecule has 0 aromatic rings. The number of ether oxygens (including phenoxy) is 1. The zero-order valence-electron chi connectivity index (χ0n) is 8.65. The number of rotatable bonds is 5. The highest BCUT2D eigenvalue weighted by molar-refractivity contribution is 4.92. The molecular weight excluding hydrogens is 184 g/mol. The molecule has 1 unspecified atom stereocenters. The Hall–Kier alpha value is -0.160. The molecule has 3 atom stereocenters. The molecule has 3 N–H and O–H groups in total. The van der Waals surface area contributed by atoms with Crippen LogP contribution < -0.4 is 0 Å². The van der Waals surface area contributed by atoms with E-state index in [4.69, 9.17) is 9.84 Å². The zero-order valence-corrected chi connectivity index (χ0v) is 8.65. The first-order valence-corrected chi connectivity index (χ1v) is 5.30. The van der Waals surface area contributed by atoms with Crippen molar-refractivity contribution < 1.29 is 20.1 Å². The highest BCUT2D eigenvalue weighted by atomic mass is 16.6. The molecule has 84 valence electrons. The van der Waals surface area contributed by atoms with Crippen LogP contribution in [0.2, 0.25) is 0 Å². The van der Waals surface area contributed by atoms with Gasteiger partial charge in [0.15, 0.2) is 6.29 Å². The average molecular weight is 204 g/mol. The summed E-state index contributed by atoms with van der Waals surface area (Å²) in [6.45, 7) is 2.15. The molecule has 4 heteroatoms. The van der Waals surface area contributed by atoms with Gasteiger partial charge in [0, 0.05) is 0 Å². The van der Waals surface area contributed by atoms with E-state index in [1.807, 2.05) is 0 Å². The molecule has 4 nitrogen and oxygen atoms in total. The summed E-state index contributed by atoms with van der Waals surface area (Å²) in [5, 5.41) is 28.4. The number of aliphatic hydroxyl groups is 3. The van der Waals surface area contributed by atoms with Crippen molar-refractivity contribution in [3.05, 3.63) is 0 Å². The number of hydrogen-bond donors (Lipinski definition) is 3. The van der Waals surface area contributed by atoms with Gasteiger partial charge in [-0.15, -0.1) is 0 Å². The molecule has 1 saturated heterocycles. The molecule has 0 aromatic carbocycles. The van der Waals surface area contributed by atoms with E-state index >= 15 is 0 Å². The minimum atomic E-state index is -1.24. The van der Waals surface area contributed by atoms with Crippen molar-refractivity contribution in [1.82, 2.24) is 0 Å². The summed E-state index contributed by atoms with van der Waals surface area (Å²) in [5.74, 6) is 0. The summed E-state index contributed by atoms with van der Waals surface area (Å²) in [6, 6.07) is 0. The van der Waals surface area contributed by atoms with Crippen LogP contribution in [0.25, 0.3) is 0 Å². The molecule has 1 rings (SSSR count). The van der Waals surface area contributed by atoms with Gasteiger partial charge in [-0.1, -0.05) is 32.6 Å². The van der Waals surface area contributed by atoms with Gasteiger partial charge in [-0.2, -0.15) is 0 Å². The standard InChI is InChI=1S/C10H20O4/c1-2-3-4-5-6-10(13)7-14-9(12)8(10)11/h8-9,11-13H,2-7H2,1H3/t8-,9?,10+/m1/s1. The lowest BCUT2D eigenvalue weighted by Gasteiger charge is -2.24. The fourth-order valence-corrected chi connectivity index (χ4v) is 1.75. The van der Waals surface area contributed by atoms with E-state index in [0.29, 0.717) is 6.42 Å². The van der Waals surface area contributed by atoms with E-state index in [-0.39, 0.29) is 6.61 Å². The highest BCUT2D eigenvalue weighted by Gasteiger charge is 2.46. The lowest BCUT2D eigenvalue weighted by Crippen LogP contribution is -2.43. The molecule has 1 aliphatic rings. The zero-order chi connectivity index (χ0) is 10.6. The Kier molecular flexibility index (Phi) is 4.31. The number of hydrogen-bond acceptors (Lipinski definition) is 4. The van der Waals surface area contributed by atoms with Crippen LogP contribution in [0.4, 0.5) is 0 Å². The van der Waals surface area contributed by atoms with Crippen LogP contribution in [0.15, 0.2) is 0 Å². The average Bonchev–Trinajstić information content (AvgIpc) is 2.42. The van der Waals surface area contributed by atoms with Gasteiger partial charge in [-0.25, -0.2) is 0 Å². The van der Waals surface area contributed by atoms with Crippen LogP contribution in [-0.2, 0) is 4.74 Å². The lowest BCUT2D eigenvalue weighted by atomic mass is 9.92. The first-order valence-electron chi connectivity index (χ1n) is 5.30. The Morgan fingerprint density at radius 3 is 2.50 bits per heavy atom. The maximum atomic E-state index is 9.89. The Morgan fingerprint density at radius 1 is 1.29 bits per heavy atom. The Bertz CT molecular complexity index is 174. The van der Waals surface area contributed by atoms with Crippen molar-refractivity contribution in [2.45, 2.75) is 57.0 Å². The van der Waals surface area contributed by atoms with E-state index in [0.717, 1.165) is 25.7 Å². The predicted molar refractivity (Wildman–Crippen MR) is 51.7 cm³/mol.